The smallest absolute Gasteiger partial charge is 0.119 e. The van der Waals surface area contributed by atoms with Crippen LogP contribution in [0.1, 0.15) is 45.2 Å². The van der Waals surface area contributed by atoms with Gasteiger partial charge >= 0.3 is 0 Å². The topological polar surface area (TPSA) is 38.5 Å². The van der Waals surface area contributed by atoms with Gasteiger partial charge in [-0.3, -0.25) is 4.90 Å². The van der Waals surface area contributed by atoms with E-state index in [0.717, 1.165) is 31.7 Å². The molecule has 0 fully saturated rings. The van der Waals surface area contributed by atoms with Gasteiger partial charge in [0.05, 0.1) is 6.61 Å². The van der Waals surface area contributed by atoms with E-state index in [4.69, 9.17) is 10.5 Å². The van der Waals surface area contributed by atoms with Crippen molar-refractivity contribution < 1.29 is 4.74 Å². The molecular weight excluding hydrogens is 236 g/mol. The number of nitrogens with two attached hydrogens (primary N) is 1. The van der Waals surface area contributed by atoms with Crippen molar-refractivity contribution in [3.63, 3.8) is 0 Å². The van der Waals surface area contributed by atoms with Gasteiger partial charge in [-0.2, -0.15) is 0 Å². The summed E-state index contributed by atoms with van der Waals surface area (Å²) in [5.41, 5.74) is 7.27. The molecule has 1 rings (SSSR count). The van der Waals surface area contributed by atoms with Crippen LogP contribution in [-0.4, -0.2) is 31.1 Å². The van der Waals surface area contributed by atoms with Crippen molar-refractivity contribution in [1.82, 2.24) is 4.90 Å². The Morgan fingerprint density at radius 1 is 1.16 bits per heavy atom. The molecule has 0 bridgehead atoms. The second-order valence-electron chi connectivity index (χ2n) is 4.79. The van der Waals surface area contributed by atoms with Crippen molar-refractivity contribution in [2.45, 2.75) is 39.7 Å². The second kappa shape index (κ2) is 8.94. The molecule has 3 nitrogen and oxygen atoms in total. The highest BCUT2D eigenvalue weighted by atomic mass is 16.5. The third-order valence-electron chi connectivity index (χ3n) is 3.24. The van der Waals surface area contributed by atoms with Gasteiger partial charge in [0.25, 0.3) is 0 Å². The summed E-state index contributed by atoms with van der Waals surface area (Å²) in [4.78, 5) is 2.48. The summed E-state index contributed by atoms with van der Waals surface area (Å²) in [6.07, 6.45) is 2.31. The molecule has 1 unspecified atom stereocenters. The van der Waals surface area contributed by atoms with E-state index in [0.29, 0.717) is 19.2 Å². The largest absolute Gasteiger partial charge is 0.494 e. The quantitative estimate of drug-likeness (QED) is 0.744. The zero-order valence-electron chi connectivity index (χ0n) is 12.6. The number of benzene rings is 1. The number of nitrogens with zero attached hydrogens (tertiary/aromatic N) is 1. The summed E-state index contributed by atoms with van der Waals surface area (Å²) in [6, 6.07) is 8.63. The second-order valence-corrected chi connectivity index (χ2v) is 4.79. The van der Waals surface area contributed by atoms with Gasteiger partial charge in [0.2, 0.25) is 0 Å². The molecule has 0 saturated heterocycles. The SMILES string of the molecule is CCCN(CCC)C(CN)c1cccc(OCC)c1. The molecule has 1 aromatic carbocycles. The van der Waals surface area contributed by atoms with Gasteiger partial charge < -0.3 is 10.5 Å². The molecule has 0 aliphatic heterocycles. The highest BCUT2D eigenvalue weighted by Crippen LogP contribution is 2.24. The average Bonchev–Trinajstić information content (AvgIpc) is 2.41. The van der Waals surface area contributed by atoms with Crippen molar-refractivity contribution in [2.24, 2.45) is 5.73 Å². The molecule has 0 spiro atoms. The van der Waals surface area contributed by atoms with Crippen LogP contribution in [0.2, 0.25) is 0 Å². The van der Waals surface area contributed by atoms with Gasteiger partial charge in [0.15, 0.2) is 0 Å². The zero-order chi connectivity index (χ0) is 14.1. The van der Waals surface area contributed by atoms with E-state index in [1.807, 2.05) is 13.0 Å². The predicted octanol–water partition coefficient (Wildman–Crippen LogP) is 3.21. The van der Waals surface area contributed by atoms with Crippen LogP contribution in [0.3, 0.4) is 0 Å². The molecular formula is C16H28N2O. The molecule has 1 aromatic rings. The minimum absolute atomic E-state index is 0.292. The van der Waals surface area contributed by atoms with Crippen molar-refractivity contribution in [3.05, 3.63) is 29.8 Å². The van der Waals surface area contributed by atoms with Crippen LogP contribution < -0.4 is 10.5 Å². The van der Waals surface area contributed by atoms with E-state index in [9.17, 15) is 0 Å². The summed E-state index contributed by atoms with van der Waals surface area (Å²) in [5, 5.41) is 0. The first-order valence-electron chi connectivity index (χ1n) is 7.43. The molecule has 108 valence electrons. The maximum absolute atomic E-state index is 6.01. The maximum Gasteiger partial charge on any atom is 0.119 e. The van der Waals surface area contributed by atoms with E-state index in [1.165, 1.54) is 5.56 Å². The van der Waals surface area contributed by atoms with Crippen LogP contribution in [0.25, 0.3) is 0 Å². The first-order chi connectivity index (χ1) is 9.26. The van der Waals surface area contributed by atoms with Gasteiger partial charge in [0, 0.05) is 12.6 Å². The Hall–Kier alpha value is -1.06. The van der Waals surface area contributed by atoms with Crippen LogP contribution in [0.5, 0.6) is 5.75 Å². The number of rotatable bonds is 9. The Balaban J connectivity index is 2.89. The van der Waals surface area contributed by atoms with Crippen molar-refractivity contribution in [1.29, 1.82) is 0 Å². The fraction of sp³-hybridized carbons (Fsp3) is 0.625. The normalized spacial score (nSPS) is 12.7. The molecule has 0 heterocycles. The monoisotopic (exact) mass is 264 g/mol. The standard InChI is InChI=1S/C16H28N2O/c1-4-10-18(11-5-2)16(13-17)14-8-7-9-15(12-14)19-6-3/h7-9,12,16H,4-6,10-11,13,17H2,1-3H3. The summed E-state index contributed by atoms with van der Waals surface area (Å²) in [6.45, 7) is 9.97. The summed E-state index contributed by atoms with van der Waals surface area (Å²) >= 11 is 0. The van der Waals surface area contributed by atoms with E-state index in [2.05, 4.69) is 36.9 Å². The van der Waals surface area contributed by atoms with Crippen LogP contribution in [0.4, 0.5) is 0 Å². The summed E-state index contributed by atoms with van der Waals surface area (Å²) in [5.74, 6) is 0.936. The lowest BCUT2D eigenvalue weighted by atomic mass is 10.0. The molecule has 2 N–H and O–H groups in total. The van der Waals surface area contributed by atoms with Crippen LogP contribution >= 0.6 is 0 Å². The molecule has 3 heteroatoms. The van der Waals surface area contributed by atoms with Crippen LogP contribution in [0.15, 0.2) is 24.3 Å². The van der Waals surface area contributed by atoms with E-state index in [-0.39, 0.29) is 0 Å². The van der Waals surface area contributed by atoms with E-state index < -0.39 is 0 Å². The van der Waals surface area contributed by atoms with E-state index >= 15 is 0 Å². The Kier molecular flexibility index (Phi) is 7.53. The van der Waals surface area contributed by atoms with Gasteiger partial charge in [-0.15, -0.1) is 0 Å². The lowest BCUT2D eigenvalue weighted by Crippen LogP contribution is -2.35. The van der Waals surface area contributed by atoms with Gasteiger partial charge in [-0.1, -0.05) is 26.0 Å². The number of hydrogen-bond donors (Lipinski definition) is 1. The first-order valence-corrected chi connectivity index (χ1v) is 7.43. The van der Waals surface area contributed by atoms with Crippen molar-refractivity contribution in [3.8, 4) is 5.75 Å². The minimum Gasteiger partial charge on any atom is -0.494 e. The van der Waals surface area contributed by atoms with E-state index in [1.54, 1.807) is 0 Å². The highest BCUT2D eigenvalue weighted by molar-refractivity contribution is 5.31. The molecule has 0 radical (unpaired) electrons. The van der Waals surface area contributed by atoms with Gasteiger partial charge in [-0.05, 0) is 50.6 Å². The Morgan fingerprint density at radius 3 is 2.37 bits per heavy atom. The molecule has 1 atom stereocenters. The van der Waals surface area contributed by atoms with Crippen molar-refractivity contribution >= 4 is 0 Å². The third kappa shape index (κ3) is 4.84. The molecule has 0 aromatic heterocycles. The Morgan fingerprint density at radius 2 is 1.84 bits per heavy atom. The fourth-order valence-electron chi connectivity index (χ4n) is 2.47. The van der Waals surface area contributed by atoms with Crippen LogP contribution in [-0.2, 0) is 0 Å². The van der Waals surface area contributed by atoms with Crippen molar-refractivity contribution in [2.75, 3.05) is 26.2 Å². The lowest BCUT2D eigenvalue weighted by Gasteiger charge is -2.31. The molecule has 0 amide bonds. The fourth-order valence-corrected chi connectivity index (χ4v) is 2.47. The third-order valence-corrected chi connectivity index (χ3v) is 3.24. The first kappa shape index (κ1) is 16.0. The predicted molar refractivity (Wildman–Crippen MR) is 81.6 cm³/mol. The summed E-state index contributed by atoms with van der Waals surface area (Å²) < 4.78 is 5.58. The van der Waals surface area contributed by atoms with Gasteiger partial charge in [0.1, 0.15) is 5.75 Å². The molecule has 0 saturated carbocycles. The maximum atomic E-state index is 6.01. The Labute approximate surface area is 117 Å². The molecule has 19 heavy (non-hydrogen) atoms. The Bertz CT molecular complexity index is 348. The molecule has 0 aliphatic rings. The summed E-state index contributed by atoms with van der Waals surface area (Å²) in [7, 11) is 0. The molecule has 0 aliphatic carbocycles. The number of ether oxygens (including phenoxy) is 1. The van der Waals surface area contributed by atoms with Gasteiger partial charge in [-0.25, -0.2) is 0 Å². The average molecular weight is 264 g/mol. The zero-order valence-corrected chi connectivity index (χ0v) is 12.6. The minimum atomic E-state index is 0.292. The number of hydrogen-bond acceptors (Lipinski definition) is 3. The lowest BCUT2D eigenvalue weighted by molar-refractivity contribution is 0.201. The highest BCUT2D eigenvalue weighted by Gasteiger charge is 2.18. The van der Waals surface area contributed by atoms with Crippen LogP contribution in [0, 0.1) is 0 Å².